The van der Waals surface area contributed by atoms with E-state index in [2.05, 4.69) is 4.98 Å². The molecule has 0 aliphatic heterocycles. The summed E-state index contributed by atoms with van der Waals surface area (Å²) in [5.74, 6) is 0.936. The molecule has 18 heavy (non-hydrogen) atoms. The maximum Gasteiger partial charge on any atom is 0.237 e. The molecule has 1 heterocycles. The first kappa shape index (κ1) is 12.4. The number of hydrogen-bond donors (Lipinski definition) is 0. The summed E-state index contributed by atoms with van der Waals surface area (Å²) in [6.07, 6.45) is 1.59. The van der Waals surface area contributed by atoms with Gasteiger partial charge in [0.05, 0.1) is 0 Å². The van der Waals surface area contributed by atoms with Gasteiger partial charge in [-0.05, 0) is 49.2 Å². The number of rotatable bonds is 2. The van der Waals surface area contributed by atoms with Crippen molar-refractivity contribution in [2.45, 2.75) is 13.8 Å². The van der Waals surface area contributed by atoms with Crippen LogP contribution < -0.4 is 4.74 Å². The van der Waals surface area contributed by atoms with Gasteiger partial charge in [-0.2, -0.15) is 5.26 Å². The zero-order chi connectivity index (χ0) is 13.1. The molecule has 0 fully saturated rings. The van der Waals surface area contributed by atoms with E-state index in [1.54, 1.807) is 18.3 Å². The highest BCUT2D eigenvalue weighted by molar-refractivity contribution is 6.32. The van der Waals surface area contributed by atoms with Gasteiger partial charge in [-0.1, -0.05) is 11.6 Å². The Hall–Kier alpha value is -2.05. The van der Waals surface area contributed by atoms with Gasteiger partial charge in [0.15, 0.2) is 0 Å². The van der Waals surface area contributed by atoms with Crippen LogP contribution in [0.5, 0.6) is 11.6 Å². The van der Waals surface area contributed by atoms with Crippen LogP contribution in [-0.2, 0) is 0 Å². The lowest BCUT2D eigenvalue weighted by Gasteiger charge is -2.09. The molecule has 4 heteroatoms. The number of aryl methyl sites for hydroxylation is 2. The van der Waals surface area contributed by atoms with Crippen LogP contribution in [0.4, 0.5) is 0 Å². The standard InChI is InChI=1S/C14H11ClN2O/c1-9-6-12(7-10(2)13(9)15)18-14-11(8-16)4-3-5-17-14/h3-7H,1-2H3. The van der Waals surface area contributed by atoms with Gasteiger partial charge >= 0.3 is 0 Å². The molecule has 2 aromatic rings. The molecule has 0 saturated carbocycles. The van der Waals surface area contributed by atoms with Gasteiger partial charge in [-0.3, -0.25) is 0 Å². The lowest BCUT2D eigenvalue weighted by atomic mass is 10.1. The van der Waals surface area contributed by atoms with Crippen molar-refractivity contribution in [3.63, 3.8) is 0 Å². The van der Waals surface area contributed by atoms with Gasteiger partial charge in [-0.25, -0.2) is 4.98 Å². The van der Waals surface area contributed by atoms with Crippen molar-refractivity contribution in [2.24, 2.45) is 0 Å². The minimum atomic E-state index is 0.307. The fourth-order valence-corrected chi connectivity index (χ4v) is 1.74. The predicted molar refractivity (Wildman–Crippen MR) is 70.0 cm³/mol. The highest BCUT2D eigenvalue weighted by atomic mass is 35.5. The molecule has 0 amide bonds. The second-order valence-corrected chi connectivity index (χ2v) is 4.32. The van der Waals surface area contributed by atoms with Crippen molar-refractivity contribution >= 4 is 11.6 Å². The summed E-state index contributed by atoms with van der Waals surface area (Å²) < 4.78 is 5.62. The first-order valence-corrected chi connectivity index (χ1v) is 5.79. The van der Waals surface area contributed by atoms with E-state index in [1.165, 1.54) is 0 Å². The van der Waals surface area contributed by atoms with Crippen molar-refractivity contribution in [2.75, 3.05) is 0 Å². The summed E-state index contributed by atoms with van der Waals surface area (Å²) in [7, 11) is 0. The molecular formula is C14H11ClN2O. The lowest BCUT2D eigenvalue weighted by Crippen LogP contribution is -1.93. The molecule has 0 aliphatic rings. The molecule has 1 aromatic heterocycles. The minimum Gasteiger partial charge on any atom is -0.438 e. The molecule has 0 radical (unpaired) electrons. The summed E-state index contributed by atoms with van der Waals surface area (Å²) in [6, 6.07) is 9.05. The maximum absolute atomic E-state index is 8.96. The fourth-order valence-electron chi connectivity index (χ4n) is 1.63. The van der Waals surface area contributed by atoms with Crippen LogP contribution in [-0.4, -0.2) is 4.98 Å². The van der Waals surface area contributed by atoms with E-state index in [0.717, 1.165) is 16.1 Å². The van der Waals surface area contributed by atoms with Gasteiger partial charge in [0.2, 0.25) is 5.88 Å². The second-order valence-electron chi connectivity index (χ2n) is 3.94. The second kappa shape index (κ2) is 5.07. The van der Waals surface area contributed by atoms with Crippen molar-refractivity contribution in [3.8, 4) is 17.7 Å². The Kier molecular flexibility index (Phi) is 3.50. The van der Waals surface area contributed by atoms with Crippen LogP contribution >= 0.6 is 11.6 Å². The average molecular weight is 259 g/mol. The van der Waals surface area contributed by atoms with Crippen LogP contribution in [0.1, 0.15) is 16.7 Å². The zero-order valence-corrected chi connectivity index (χ0v) is 10.8. The third-order valence-corrected chi connectivity index (χ3v) is 3.11. The summed E-state index contributed by atoms with van der Waals surface area (Å²) in [5, 5.41) is 9.68. The summed E-state index contributed by atoms with van der Waals surface area (Å²) in [6.45, 7) is 3.82. The van der Waals surface area contributed by atoms with E-state index >= 15 is 0 Å². The predicted octanol–water partition coefficient (Wildman–Crippen LogP) is 4.02. The molecule has 2 rings (SSSR count). The van der Waals surface area contributed by atoms with Crippen molar-refractivity contribution < 1.29 is 4.74 Å². The maximum atomic E-state index is 8.96. The van der Waals surface area contributed by atoms with Crippen LogP contribution in [0.25, 0.3) is 0 Å². The van der Waals surface area contributed by atoms with Crippen LogP contribution in [0, 0.1) is 25.2 Å². The molecular weight excluding hydrogens is 248 g/mol. The summed E-state index contributed by atoms with van der Waals surface area (Å²) in [4.78, 5) is 4.05. The highest BCUT2D eigenvalue weighted by Crippen LogP contribution is 2.29. The number of pyridine rings is 1. The highest BCUT2D eigenvalue weighted by Gasteiger charge is 2.08. The Balaban J connectivity index is 2.38. The topological polar surface area (TPSA) is 45.9 Å². The molecule has 0 spiro atoms. The normalized spacial score (nSPS) is 9.89. The van der Waals surface area contributed by atoms with Gasteiger partial charge in [-0.15, -0.1) is 0 Å². The number of benzene rings is 1. The Morgan fingerprint density at radius 3 is 2.56 bits per heavy atom. The summed E-state index contributed by atoms with van der Waals surface area (Å²) in [5.41, 5.74) is 2.27. The molecule has 0 N–H and O–H groups in total. The monoisotopic (exact) mass is 258 g/mol. The number of hydrogen-bond acceptors (Lipinski definition) is 3. The van der Waals surface area contributed by atoms with Crippen molar-refractivity contribution in [3.05, 3.63) is 52.2 Å². The molecule has 0 bridgehead atoms. The number of halogens is 1. The van der Waals surface area contributed by atoms with E-state index in [9.17, 15) is 0 Å². The largest absolute Gasteiger partial charge is 0.438 e. The van der Waals surface area contributed by atoms with Gasteiger partial charge < -0.3 is 4.74 Å². The molecule has 0 saturated heterocycles. The van der Waals surface area contributed by atoms with E-state index in [4.69, 9.17) is 21.6 Å². The van der Waals surface area contributed by atoms with E-state index in [0.29, 0.717) is 17.2 Å². The molecule has 3 nitrogen and oxygen atoms in total. The first-order chi connectivity index (χ1) is 8.61. The Labute approximate surface area is 111 Å². The zero-order valence-electron chi connectivity index (χ0n) is 10.1. The Morgan fingerprint density at radius 1 is 1.28 bits per heavy atom. The number of ether oxygens (including phenoxy) is 1. The lowest BCUT2D eigenvalue weighted by molar-refractivity contribution is 0.460. The van der Waals surface area contributed by atoms with E-state index < -0.39 is 0 Å². The van der Waals surface area contributed by atoms with E-state index in [1.807, 2.05) is 32.0 Å². The molecule has 0 atom stereocenters. The quantitative estimate of drug-likeness (QED) is 0.817. The third kappa shape index (κ3) is 2.44. The third-order valence-electron chi connectivity index (χ3n) is 2.52. The number of nitrogens with zero attached hydrogens (tertiary/aromatic N) is 2. The van der Waals surface area contributed by atoms with Gasteiger partial charge in [0, 0.05) is 11.2 Å². The minimum absolute atomic E-state index is 0.307. The first-order valence-electron chi connectivity index (χ1n) is 5.41. The number of aromatic nitrogens is 1. The van der Waals surface area contributed by atoms with E-state index in [-0.39, 0.29) is 0 Å². The van der Waals surface area contributed by atoms with Crippen molar-refractivity contribution in [1.29, 1.82) is 5.26 Å². The van der Waals surface area contributed by atoms with Crippen LogP contribution in [0.3, 0.4) is 0 Å². The molecule has 1 aromatic carbocycles. The molecule has 0 aliphatic carbocycles. The average Bonchev–Trinajstić information content (AvgIpc) is 2.36. The van der Waals surface area contributed by atoms with Gasteiger partial charge in [0.25, 0.3) is 0 Å². The number of nitriles is 1. The molecule has 0 unspecified atom stereocenters. The smallest absolute Gasteiger partial charge is 0.237 e. The summed E-state index contributed by atoms with van der Waals surface area (Å²) >= 11 is 6.09. The van der Waals surface area contributed by atoms with Crippen LogP contribution in [0.2, 0.25) is 5.02 Å². The Morgan fingerprint density at radius 2 is 1.94 bits per heavy atom. The Bertz CT molecular complexity index is 609. The van der Waals surface area contributed by atoms with Crippen LogP contribution in [0.15, 0.2) is 30.5 Å². The SMILES string of the molecule is Cc1cc(Oc2ncccc2C#N)cc(C)c1Cl. The van der Waals surface area contributed by atoms with Gasteiger partial charge in [0.1, 0.15) is 17.4 Å². The van der Waals surface area contributed by atoms with Crippen molar-refractivity contribution in [1.82, 2.24) is 4.98 Å². The fraction of sp³-hybridized carbons (Fsp3) is 0.143. The molecule has 90 valence electrons.